The van der Waals surface area contributed by atoms with Crippen LogP contribution in [0.15, 0.2) is 0 Å². The van der Waals surface area contributed by atoms with Gasteiger partial charge in [-0.2, -0.15) is 0 Å². The summed E-state index contributed by atoms with van der Waals surface area (Å²) in [7, 11) is 1.55. The predicted octanol–water partition coefficient (Wildman–Crippen LogP) is 2.00. The summed E-state index contributed by atoms with van der Waals surface area (Å²) in [6, 6.07) is 0. The number of carbonyl (C=O) groups excluding carboxylic acids is 1. The Morgan fingerprint density at radius 3 is 2.33 bits per heavy atom. The molecule has 0 radical (unpaired) electrons. The van der Waals surface area contributed by atoms with E-state index < -0.39 is 11.2 Å². The second-order valence-electron chi connectivity index (χ2n) is 5.61. The predicted molar refractivity (Wildman–Crippen MR) is 71.4 cm³/mol. The SMILES string of the molecule is CCC(C)(OC)C(=O)NCC1(O)CCCCCC1. The molecule has 4 nitrogen and oxygen atoms in total. The van der Waals surface area contributed by atoms with Crippen LogP contribution < -0.4 is 5.32 Å². The molecule has 0 bridgehead atoms. The zero-order valence-corrected chi connectivity index (χ0v) is 11.9. The Labute approximate surface area is 110 Å². The number of hydrogen-bond donors (Lipinski definition) is 2. The summed E-state index contributed by atoms with van der Waals surface area (Å²) in [5.41, 5.74) is -1.52. The number of amides is 1. The van der Waals surface area contributed by atoms with Gasteiger partial charge in [0, 0.05) is 13.7 Å². The molecule has 0 aromatic heterocycles. The average Bonchev–Trinajstić information content (AvgIpc) is 2.60. The van der Waals surface area contributed by atoms with Crippen LogP contribution in [0, 0.1) is 0 Å². The normalized spacial score (nSPS) is 22.9. The van der Waals surface area contributed by atoms with Gasteiger partial charge in [-0.1, -0.05) is 32.6 Å². The van der Waals surface area contributed by atoms with E-state index in [1.807, 2.05) is 6.92 Å². The molecule has 1 aliphatic carbocycles. The van der Waals surface area contributed by atoms with Gasteiger partial charge in [0.2, 0.25) is 0 Å². The molecule has 2 N–H and O–H groups in total. The average molecular weight is 257 g/mol. The standard InChI is InChI=1S/C14H27NO3/c1-4-13(2,18-3)12(16)15-11-14(17)9-7-5-6-8-10-14/h17H,4-11H2,1-3H3,(H,15,16). The highest BCUT2D eigenvalue weighted by atomic mass is 16.5. The minimum Gasteiger partial charge on any atom is -0.388 e. The van der Waals surface area contributed by atoms with Crippen molar-refractivity contribution in [3.8, 4) is 0 Å². The first-order valence-electron chi connectivity index (χ1n) is 7.01. The van der Waals surface area contributed by atoms with Gasteiger partial charge in [0.15, 0.2) is 0 Å². The van der Waals surface area contributed by atoms with Gasteiger partial charge in [-0.3, -0.25) is 4.79 Å². The Hall–Kier alpha value is -0.610. The highest BCUT2D eigenvalue weighted by Crippen LogP contribution is 2.26. The molecule has 0 aromatic carbocycles. The summed E-state index contributed by atoms with van der Waals surface area (Å²) in [5.74, 6) is -0.134. The van der Waals surface area contributed by atoms with Gasteiger partial charge >= 0.3 is 0 Å². The Morgan fingerprint density at radius 2 is 1.89 bits per heavy atom. The molecule has 0 heterocycles. The van der Waals surface area contributed by atoms with E-state index in [-0.39, 0.29) is 5.91 Å². The topological polar surface area (TPSA) is 58.6 Å². The molecular formula is C14H27NO3. The van der Waals surface area contributed by atoms with Crippen molar-refractivity contribution in [1.82, 2.24) is 5.32 Å². The van der Waals surface area contributed by atoms with E-state index in [0.29, 0.717) is 13.0 Å². The molecule has 1 fully saturated rings. The highest BCUT2D eigenvalue weighted by Gasteiger charge is 2.34. The van der Waals surface area contributed by atoms with Gasteiger partial charge < -0.3 is 15.2 Å². The number of carbonyl (C=O) groups is 1. The monoisotopic (exact) mass is 257 g/mol. The Morgan fingerprint density at radius 1 is 1.33 bits per heavy atom. The first-order valence-corrected chi connectivity index (χ1v) is 7.01. The summed E-state index contributed by atoms with van der Waals surface area (Å²) in [4.78, 5) is 12.1. The maximum atomic E-state index is 12.1. The van der Waals surface area contributed by atoms with Crippen LogP contribution in [0.5, 0.6) is 0 Å². The third-order valence-electron chi connectivity index (χ3n) is 4.22. The second-order valence-corrected chi connectivity index (χ2v) is 5.61. The van der Waals surface area contributed by atoms with Crippen molar-refractivity contribution in [3.05, 3.63) is 0 Å². The fourth-order valence-corrected chi connectivity index (χ4v) is 2.39. The number of nitrogens with one attached hydrogen (secondary N) is 1. The molecule has 1 atom stereocenters. The van der Waals surface area contributed by atoms with Gasteiger partial charge in [0.1, 0.15) is 5.60 Å². The maximum absolute atomic E-state index is 12.1. The van der Waals surface area contributed by atoms with Gasteiger partial charge in [-0.15, -0.1) is 0 Å². The van der Waals surface area contributed by atoms with Crippen molar-refractivity contribution in [1.29, 1.82) is 0 Å². The third kappa shape index (κ3) is 3.95. The van der Waals surface area contributed by atoms with Crippen LogP contribution in [0.2, 0.25) is 0 Å². The summed E-state index contributed by atoms with van der Waals surface area (Å²) in [6.07, 6.45) is 6.63. The molecule has 106 valence electrons. The lowest BCUT2D eigenvalue weighted by molar-refractivity contribution is -0.143. The van der Waals surface area contributed by atoms with Crippen molar-refractivity contribution >= 4 is 5.91 Å². The number of methoxy groups -OCH3 is 1. The minimum absolute atomic E-state index is 0.134. The minimum atomic E-state index is -0.791. The molecule has 0 spiro atoms. The van der Waals surface area contributed by atoms with E-state index in [9.17, 15) is 9.90 Å². The summed E-state index contributed by atoms with van der Waals surface area (Å²) in [6.45, 7) is 4.04. The lowest BCUT2D eigenvalue weighted by Gasteiger charge is -2.30. The van der Waals surface area contributed by atoms with Crippen molar-refractivity contribution in [2.45, 2.75) is 70.0 Å². The molecule has 4 heteroatoms. The van der Waals surface area contributed by atoms with Crippen molar-refractivity contribution in [2.24, 2.45) is 0 Å². The van der Waals surface area contributed by atoms with Crippen LogP contribution in [-0.4, -0.2) is 35.9 Å². The lowest BCUT2D eigenvalue weighted by Crippen LogP contribution is -2.51. The van der Waals surface area contributed by atoms with E-state index in [4.69, 9.17) is 4.74 Å². The van der Waals surface area contributed by atoms with Crippen LogP contribution in [-0.2, 0) is 9.53 Å². The number of hydrogen-bond acceptors (Lipinski definition) is 3. The van der Waals surface area contributed by atoms with Gasteiger partial charge in [-0.05, 0) is 26.2 Å². The molecule has 1 unspecified atom stereocenters. The molecule has 0 aliphatic heterocycles. The molecular weight excluding hydrogens is 230 g/mol. The van der Waals surface area contributed by atoms with E-state index in [0.717, 1.165) is 25.7 Å². The Kier molecular flexibility index (Phi) is 5.60. The zero-order chi connectivity index (χ0) is 13.6. The summed E-state index contributed by atoms with van der Waals surface area (Å²) >= 11 is 0. The van der Waals surface area contributed by atoms with Crippen LogP contribution in [0.25, 0.3) is 0 Å². The van der Waals surface area contributed by atoms with Crippen LogP contribution in [0.3, 0.4) is 0 Å². The molecule has 1 saturated carbocycles. The third-order valence-corrected chi connectivity index (χ3v) is 4.22. The summed E-state index contributed by atoms with van der Waals surface area (Å²) < 4.78 is 5.25. The van der Waals surface area contributed by atoms with Gasteiger partial charge in [-0.25, -0.2) is 0 Å². The van der Waals surface area contributed by atoms with Gasteiger partial charge in [0.05, 0.1) is 5.60 Å². The van der Waals surface area contributed by atoms with E-state index in [2.05, 4.69) is 5.32 Å². The summed E-state index contributed by atoms with van der Waals surface area (Å²) in [5, 5.41) is 13.3. The molecule has 0 aromatic rings. The van der Waals surface area contributed by atoms with E-state index in [1.165, 1.54) is 12.8 Å². The molecule has 18 heavy (non-hydrogen) atoms. The van der Waals surface area contributed by atoms with Crippen LogP contribution >= 0.6 is 0 Å². The first-order chi connectivity index (χ1) is 8.46. The van der Waals surface area contributed by atoms with Crippen LogP contribution in [0.4, 0.5) is 0 Å². The number of rotatable bonds is 5. The van der Waals surface area contributed by atoms with Crippen molar-refractivity contribution in [2.75, 3.05) is 13.7 Å². The van der Waals surface area contributed by atoms with Crippen LogP contribution in [0.1, 0.15) is 58.8 Å². The Balaban J connectivity index is 2.50. The smallest absolute Gasteiger partial charge is 0.252 e. The largest absolute Gasteiger partial charge is 0.388 e. The van der Waals surface area contributed by atoms with Crippen molar-refractivity contribution in [3.63, 3.8) is 0 Å². The molecule has 0 saturated heterocycles. The van der Waals surface area contributed by atoms with Crippen molar-refractivity contribution < 1.29 is 14.6 Å². The second kappa shape index (κ2) is 6.53. The van der Waals surface area contributed by atoms with E-state index in [1.54, 1.807) is 14.0 Å². The molecule has 1 amide bonds. The zero-order valence-electron chi connectivity index (χ0n) is 11.9. The van der Waals surface area contributed by atoms with Gasteiger partial charge in [0.25, 0.3) is 5.91 Å². The maximum Gasteiger partial charge on any atom is 0.252 e. The fraction of sp³-hybridized carbons (Fsp3) is 0.929. The highest BCUT2D eigenvalue weighted by molar-refractivity contribution is 5.84. The Bertz CT molecular complexity index is 266. The molecule has 1 aliphatic rings. The number of aliphatic hydroxyl groups is 1. The lowest BCUT2D eigenvalue weighted by atomic mass is 9.93. The fourth-order valence-electron chi connectivity index (χ4n) is 2.39. The van der Waals surface area contributed by atoms with E-state index >= 15 is 0 Å². The quantitative estimate of drug-likeness (QED) is 0.741. The number of ether oxygens (including phenoxy) is 1. The first kappa shape index (κ1) is 15.4. The molecule has 1 rings (SSSR count).